The van der Waals surface area contributed by atoms with Crippen molar-refractivity contribution in [2.24, 2.45) is 4.99 Å². The zero-order valence-electron chi connectivity index (χ0n) is 6.63. The molecule has 0 N–H and O–H groups in total. The maximum atomic E-state index is 4.07. The van der Waals surface area contributed by atoms with E-state index in [9.17, 15) is 0 Å². The maximum Gasteiger partial charge on any atom is 0.0942 e. The minimum Gasteiger partial charge on any atom is -0.342 e. The fourth-order valence-corrected chi connectivity index (χ4v) is 0.793. The number of hydrogen-bond acceptors (Lipinski definition) is 2. The van der Waals surface area contributed by atoms with Crippen LogP contribution in [0.15, 0.2) is 28.5 Å². The Hall–Kier alpha value is -1.05. The lowest BCUT2D eigenvalue weighted by atomic mass is 10.2. The van der Waals surface area contributed by atoms with E-state index in [1.807, 2.05) is 18.1 Å². The molecule has 0 saturated carbocycles. The molecule has 10 heavy (non-hydrogen) atoms. The summed E-state index contributed by atoms with van der Waals surface area (Å²) >= 11 is 0. The van der Waals surface area contributed by atoms with Crippen molar-refractivity contribution in [1.29, 1.82) is 0 Å². The van der Waals surface area contributed by atoms with Crippen molar-refractivity contribution in [3.05, 3.63) is 23.5 Å². The molecule has 0 fully saturated rings. The lowest BCUT2D eigenvalue weighted by molar-refractivity contribution is 0.706. The molecule has 0 aromatic heterocycles. The van der Waals surface area contributed by atoms with Crippen LogP contribution in [0.2, 0.25) is 0 Å². The first-order valence-corrected chi connectivity index (χ1v) is 3.31. The Labute approximate surface area is 61.6 Å². The van der Waals surface area contributed by atoms with Crippen molar-refractivity contribution in [3.63, 3.8) is 0 Å². The van der Waals surface area contributed by atoms with Crippen LogP contribution in [-0.4, -0.2) is 18.3 Å². The number of aliphatic imine (C=N–C) groups is 1. The topological polar surface area (TPSA) is 15.6 Å². The number of allylic oxidation sites excluding steroid dienone is 2. The summed E-state index contributed by atoms with van der Waals surface area (Å²) in [5, 5.41) is 0. The number of hydrogen-bond donors (Lipinski definition) is 0. The van der Waals surface area contributed by atoms with E-state index in [1.54, 1.807) is 6.34 Å². The van der Waals surface area contributed by atoms with Crippen molar-refractivity contribution in [1.82, 2.24) is 4.90 Å². The number of nitrogens with zero attached hydrogens (tertiary/aromatic N) is 2. The SMILES string of the molecule is CC1=CN=CN(C)C=C1C. The molecule has 0 aliphatic carbocycles. The third-order valence-electron chi connectivity index (χ3n) is 1.54. The van der Waals surface area contributed by atoms with Crippen molar-refractivity contribution < 1.29 is 0 Å². The second-order valence-electron chi connectivity index (χ2n) is 2.55. The lowest BCUT2D eigenvalue weighted by Gasteiger charge is -2.05. The molecule has 0 radical (unpaired) electrons. The van der Waals surface area contributed by atoms with Crippen LogP contribution in [0.3, 0.4) is 0 Å². The van der Waals surface area contributed by atoms with Gasteiger partial charge in [0.05, 0.1) is 6.34 Å². The highest BCUT2D eigenvalue weighted by Crippen LogP contribution is 2.10. The van der Waals surface area contributed by atoms with Crippen LogP contribution in [0.4, 0.5) is 0 Å². The molecule has 0 amide bonds. The third-order valence-corrected chi connectivity index (χ3v) is 1.54. The predicted octanol–water partition coefficient (Wildman–Crippen LogP) is 1.77. The van der Waals surface area contributed by atoms with Crippen LogP contribution in [0, 0.1) is 0 Å². The van der Waals surface area contributed by atoms with Crippen LogP contribution >= 0.6 is 0 Å². The van der Waals surface area contributed by atoms with Gasteiger partial charge in [0.15, 0.2) is 0 Å². The van der Waals surface area contributed by atoms with Gasteiger partial charge in [-0.3, -0.25) is 0 Å². The highest BCUT2D eigenvalue weighted by Gasteiger charge is 1.96. The second-order valence-corrected chi connectivity index (χ2v) is 2.55. The van der Waals surface area contributed by atoms with Crippen LogP contribution in [0.25, 0.3) is 0 Å². The summed E-state index contributed by atoms with van der Waals surface area (Å²) < 4.78 is 0. The molecule has 1 rings (SSSR count). The second kappa shape index (κ2) is 2.69. The van der Waals surface area contributed by atoms with Crippen molar-refractivity contribution in [3.8, 4) is 0 Å². The predicted molar refractivity (Wildman–Crippen MR) is 43.8 cm³/mol. The molecule has 0 aromatic carbocycles. The van der Waals surface area contributed by atoms with Gasteiger partial charge >= 0.3 is 0 Å². The van der Waals surface area contributed by atoms with Gasteiger partial charge in [-0.1, -0.05) is 0 Å². The smallest absolute Gasteiger partial charge is 0.0942 e. The first-order chi connectivity index (χ1) is 4.70. The van der Waals surface area contributed by atoms with Crippen LogP contribution < -0.4 is 0 Å². The first-order valence-electron chi connectivity index (χ1n) is 3.31. The highest BCUT2D eigenvalue weighted by atomic mass is 15.1. The van der Waals surface area contributed by atoms with E-state index in [-0.39, 0.29) is 0 Å². The average Bonchev–Trinajstić information content (AvgIpc) is 1.96. The van der Waals surface area contributed by atoms with Gasteiger partial charge in [-0.05, 0) is 25.0 Å². The standard InChI is InChI=1S/C8H12N2/c1-7-4-9-6-10(3)5-8(7)2/h4-6H,1-3H3. The molecule has 1 aliphatic heterocycles. The molecule has 54 valence electrons. The van der Waals surface area contributed by atoms with Gasteiger partial charge in [-0.2, -0.15) is 0 Å². The van der Waals surface area contributed by atoms with Gasteiger partial charge in [0.2, 0.25) is 0 Å². The number of rotatable bonds is 0. The first kappa shape index (κ1) is 7.06. The van der Waals surface area contributed by atoms with Gasteiger partial charge in [0, 0.05) is 19.4 Å². The molecular formula is C8H12N2. The molecule has 0 aromatic rings. The fraction of sp³-hybridized carbons (Fsp3) is 0.375. The zero-order chi connectivity index (χ0) is 7.56. The van der Waals surface area contributed by atoms with Gasteiger partial charge in [-0.25, -0.2) is 4.99 Å². The van der Waals surface area contributed by atoms with Gasteiger partial charge in [-0.15, -0.1) is 0 Å². The quantitative estimate of drug-likeness (QED) is 0.495. The molecule has 0 spiro atoms. The Bertz CT molecular complexity index is 211. The van der Waals surface area contributed by atoms with E-state index >= 15 is 0 Å². The van der Waals surface area contributed by atoms with Crippen LogP contribution in [-0.2, 0) is 0 Å². The van der Waals surface area contributed by atoms with Crippen molar-refractivity contribution in [2.45, 2.75) is 13.8 Å². The Morgan fingerprint density at radius 2 is 2.00 bits per heavy atom. The molecule has 1 aliphatic rings. The van der Waals surface area contributed by atoms with E-state index in [0.29, 0.717) is 0 Å². The molecule has 2 heteroatoms. The average molecular weight is 136 g/mol. The van der Waals surface area contributed by atoms with Crippen molar-refractivity contribution >= 4 is 6.34 Å². The molecular weight excluding hydrogens is 124 g/mol. The maximum absolute atomic E-state index is 4.07. The van der Waals surface area contributed by atoms with E-state index < -0.39 is 0 Å². The summed E-state index contributed by atoms with van der Waals surface area (Å²) in [6, 6.07) is 0. The van der Waals surface area contributed by atoms with Crippen molar-refractivity contribution in [2.75, 3.05) is 7.05 Å². The van der Waals surface area contributed by atoms with E-state index in [1.165, 1.54) is 11.1 Å². The Balaban J connectivity index is 2.90. The van der Waals surface area contributed by atoms with Gasteiger partial charge in [0.1, 0.15) is 0 Å². The van der Waals surface area contributed by atoms with Gasteiger partial charge in [0.25, 0.3) is 0 Å². The summed E-state index contributed by atoms with van der Waals surface area (Å²) in [4.78, 5) is 6.02. The summed E-state index contributed by atoms with van der Waals surface area (Å²) in [5.74, 6) is 0. The highest BCUT2D eigenvalue weighted by molar-refractivity contribution is 5.59. The summed E-state index contributed by atoms with van der Waals surface area (Å²) in [6.07, 6.45) is 5.72. The Morgan fingerprint density at radius 3 is 2.70 bits per heavy atom. The monoisotopic (exact) mass is 136 g/mol. The molecule has 1 heterocycles. The third kappa shape index (κ3) is 1.47. The normalized spacial score (nSPS) is 18.1. The Morgan fingerprint density at radius 1 is 1.30 bits per heavy atom. The minimum absolute atomic E-state index is 1.22. The van der Waals surface area contributed by atoms with Crippen LogP contribution in [0.5, 0.6) is 0 Å². The zero-order valence-corrected chi connectivity index (χ0v) is 6.63. The van der Waals surface area contributed by atoms with E-state index in [4.69, 9.17) is 0 Å². The largest absolute Gasteiger partial charge is 0.342 e. The summed E-state index contributed by atoms with van der Waals surface area (Å²) in [5.41, 5.74) is 2.49. The summed E-state index contributed by atoms with van der Waals surface area (Å²) in [6.45, 7) is 4.14. The van der Waals surface area contributed by atoms with Crippen LogP contribution in [0.1, 0.15) is 13.8 Å². The summed E-state index contributed by atoms with van der Waals surface area (Å²) in [7, 11) is 1.97. The molecule has 2 nitrogen and oxygen atoms in total. The Kier molecular flexibility index (Phi) is 1.90. The molecule has 0 unspecified atom stereocenters. The van der Waals surface area contributed by atoms with E-state index in [0.717, 1.165) is 0 Å². The van der Waals surface area contributed by atoms with E-state index in [2.05, 4.69) is 25.0 Å². The molecule has 0 bridgehead atoms. The van der Waals surface area contributed by atoms with Gasteiger partial charge < -0.3 is 4.90 Å². The molecule has 0 atom stereocenters. The fourth-order valence-electron chi connectivity index (χ4n) is 0.793. The minimum atomic E-state index is 1.22. The molecule has 0 saturated heterocycles. The lowest BCUT2D eigenvalue weighted by Crippen LogP contribution is -2.06.